The van der Waals surface area contributed by atoms with Gasteiger partial charge in [0, 0.05) is 25.1 Å². The predicted molar refractivity (Wildman–Crippen MR) is 87.9 cm³/mol. The number of hydrogen-bond donors (Lipinski definition) is 1. The summed E-state index contributed by atoms with van der Waals surface area (Å²) in [6, 6.07) is 14.9. The molecule has 0 radical (unpaired) electrons. The maximum atomic E-state index is 12.6. The minimum absolute atomic E-state index is 0.217. The number of hydrogen-bond acceptors (Lipinski definition) is 3. The minimum Gasteiger partial charge on any atom is -0.337 e. The van der Waals surface area contributed by atoms with Crippen LogP contribution in [0.25, 0.3) is 0 Å². The molecular weight excluding hydrogens is 288 g/mol. The molecule has 2 aromatic heterocycles. The molecule has 5 nitrogen and oxygen atoms in total. The first kappa shape index (κ1) is 15.0. The third-order valence-electron chi connectivity index (χ3n) is 3.65. The van der Waals surface area contributed by atoms with Crippen LogP contribution < -0.4 is 5.32 Å². The fraction of sp³-hybridized carbons (Fsp3) is 0.167. The van der Waals surface area contributed by atoms with Gasteiger partial charge in [0.2, 0.25) is 0 Å². The van der Waals surface area contributed by atoms with Crippen LogP contribution in [0.1, 0.15) is 33.6 Å². The summed E-state index contributed by atoms with van der Waals surface area (Å²) in [6.45, 7) is 1.87. The molecule has 1 N–H and O–H groups in total. The smallest absolute Gasteiger partial charge is 0.270 e. The lowest BCUT2D eigenvalue weighted by Gasteiger charge is -2.19. The second kappa shape index (κ2) is 6.44. The molecule has 2 heterocycles. The average molecular weight is 306 g/mol. The molecular formula is C18H18N4O. The standard InChI is InChI=1S/C18H18N4O/c1-13-7-6-10-15(20-13)18(23)21-16(14-8-4-3-5-9-14)17-19-11-12-22(17)2/h3-12,16H,1-2H3,(H,21,23)/t16-/m1/s1. The Hall–Kier alpha value is -2.95. The molecule has 0 fully saturated rings. The topological polar surface area (TPSA) is 59.8 Å². The number of carbonyl (C=O) groups is 1. The van der Waals surface area contributed by atoms with Crippen molar-refractivity contribution >= 4 is 5.91 Å². The second-order valence-electron chi connectivity index (χ2n) is 5.38. The van der Waals surface area contributed by atoms with E-state index in [0.717, 1.165) is 17.1 Å². The van der Waals surface area contributed by atoms with Crippen molar-refractivity contribution in [2.75, 3.05) is 0 Å². The molecule has 1 atom stereocenters. The van der Waals surface area contributed by atoms with Crippen LogP contribution in [0.3, 0.4) is 0 Å². The Morgan fingerprint density at radius 2 is 1.91 bits per heavy atom. The third-order valence-corrected chi connectivity index (χ3v) is 3.65. The highest BCUT2D eigenvalue weighted by molar-refractivity contribution is 5.92. The van der Waals surface area contributed by atoms with Crippen LogP contribution in [0.2, 0.25) is 0 Å². The molecule has 23 heavy (non-hydrogen) atoms. The lowest BCUT2D eigenvalue weighted by atomic mass is 10.1. The number of carbonyl (C=O) groups excluding carboxylic acids is 1. The third kappa shape index (κ3) is 3.29. The van der Waals surface area contributed by atoms with Crippen LogP contribution in [-0.4, -0.2) is 20.4 Å². The molecule has 3 aromatic rings. The van der Waals surface area contributed by atoms with E-state index < -0.39 is 0 Å². The van der Waals surface area contributed by atoms with Gasteiger partial charge in [0.1, 0.15) is 17.6 Å². The summed E-state index contributed by atoms with van der Waals surface area (Å²) in [4.78, 5) is 21.2. The predicted octanol–water partition coefficient (Wildman–Crippen LogP) is 2.64. The van der Waals surface area contributed by atoms with E-state index in [-0.39, 0.29) is 11.9 Å². The highest BCUT2D eigenvalue weighted by Gasteiger charge is 2.21. The molecule has 0 aliphatic carbocycles. The number of imidazole rings is 1. The first-order valence-corrected chi connectivity index (χ1v) is 7.42. The summed E-state index contributed by atoms with van der Waals surface area (Å²) < 4.78 is 1.90. The van der Waals surface area contributed by atoms with E-state index in [4.69, 9.17) is 0 Å². The van der Waals surface area contributed by atoms with E-state index >= 15 is 0 Å². The molecule has 1 amide bonds. The van der Waals surface area contributed by atoms with Crippen molar-refractivity contribution < 1.29 is 4.79 Å². The Bertz CT molecular complexity index is 811. The summed E-state index contributed by atoms with van der Waals surface area (Å²) in [6.07, 6.45) is 3.59. The number of benzene rings is 1. The number of amides is 1. The van der Waals surface area contributed by atoms with Crippen molar-refractivity contribution in [2.24, 2.45) is 7.05 Å². The van der Waals surface area contributed by atoms with Gasteiger partial charge in [0.25, 0.3) is 5.91 Å². The highest BCUT2D eigenvalue weighted by Crippen LogP contribution is 2.20. The average Bonchev–Trinajstić information content (AvgIpc) is 2.99. The van der Waals surface area contributed by atoms with Gasteiger partial charge in [-0.05, 0) is 24.6 Å². The lowest BCUT2D eigenvalue weighted by Crippen LogP contribution is -2.31. The number of pyridine rings is 1. The second-order valence-corrected chi connectivity index (χ2v) is 5.38. The SMILES string of the molecule is Cc1cccc(C(=O)N[C@H](c2ccccc2)c2nccn2C)n1. The fourth-order valence-corrected chi connectivity index (χ4v) is 2.47. The zero-order valence-electron chi connectivity index (χ0n) is 13.1. The van der Waals surface area contributed by atoms with E-state index in [1.165, 1.54) is 0 Å². The molecule has 0 aliphatic rings. The molecule has 0 aliphatic heterocycles. The highest BCUT2D eigenvalue weighted by atomic mass is 16.1. The van der Waals surface area contributed by atoms with Gasteiger partial charge in [-0.2, -0.15) is 0 Å². The van der Waals surface area contributed by atoms with Crippen molar-refractivity contribution in [3.05, 3.63) is 83.7 Å². The maximum Gasteiger partial charge on any atom is 0.270 e. The number of aryl methyl sites for hydroxylation is 2. The van der Waals surface area contributed by atoms with E-state index in [2.05, 4.69) is 15.3 Å². The van der Waals surface area contributed by atoms with Crippen molar-refractivity contribution in [1.82, 2.24) is 19.9 Å². The molecule has 0 unspecified atom stereocenters. The van der Waals surface area contributed by atoms with Gasteiger partial charge in [0.15, 0.2) is 0 Å². The van der Waals surface area contributed by atoms with Gasteiger partial charge in [-0.3, -0.25) is 4.79 Å². The van der Waals surface area contributed by atoms with Crippen LogP contribution in [0.4, 0.5) is 0 Å². The first-order valence-electron chi connectivity index (χ1n) is 7.42. The number of nitrogens with zero attached hydrogens (tertiary/aromatic N) is 3. The summed E-state index contributed by atoms with van der Waals surface area (Å²) >= 11 is 0. The summed E-state index contributed by atoms with van der Waals surface area (Å²) in [5.74, 6) is 0.558. The Morgan fingerprint density at radius 1 is 1.13 bits per heavy atom. The van der Waals surface area contributed by atoms with Crippen molar-refractivity contribution in [3.8, 4) is 0 Å². The molecule has 3 rings (SSSR count). The van der Waals surface area contributed by atoms with Crippen molar-refractivity contribution in [1.29, 1.82) is 0 Å². The van der Waals surface area contributed by atoms with Crippen LogP contribution >= 0.6 is 0 Å². The van der Waals surface area contributed by atoms with E-state index in [1.54, 1.807) is 12.3 Å². The first-order chi connectivity index (χ1) is 11.1. The van der Waals surface area contributed by atoms with Crippen LogP contribution in [0, 0.1) is 6.92 Å². The largest absolute Gasteiger partial charge is 0.337 e. The van der Waals surface area contributed by atoms with Gasteiger partial charge in [-0.25, -0.2) is 9.97 Å². The Kier molecular flexibility index (Phi) is 4.19. The van der Waals surface area contributed by atoms with Gasteiger partial charge < -0.3 is 9.88 Å². The minimum atomic E-state index is -0.328. The number of rotatable bonds is 4. The van der Waals surface area contributed by atoms with E-state index in [1.807, 2.05) is 67.2 Å². The normalized spacial score (nSPS) is 11.9. The molecule has 5 heteroatoms. The monoisotopic (exact) mass is 306 g/mol. The van der Waals surface area contributed by atoms with Gasteiger partial charge in [0.05, 0.1) is 0 Å². The Morgan fingerprint density at radius 3 is 2.57 bits per heavy atom. The molecule has 0 saturated carbocycles. The van der Waals surface area contributed by atoms with Gasteiger partial charge >= 0.3 is 0 Å². The fourth-order valence-electron chi connectivity index (χ4n) is 2.47. The Balaban J connectivity index is 1.94. The number of nitrogens with one attached hydrogen (secondary N) is 1. The summed E-state index contributed by atoms with van der Waals surface area (Å²) in [5, 5.41) is 3.04. The maximum absolute atomic E-state index is 12.6. The molecule has 116 valence electrons. The van der Waals surface area contributed by atoms with Crippen LogP contribution in [-0.2, 0) is 7.05 Å². The molecule has 0 bridgehead atoms. The van der Waals surface area contributed by atoms with Gasteiger partial charge in [-0.1, -0.05) is 36.4 Å². The number of aromatic nitrogens is 3. The van der Waals surface area contributed by atoms with E-state index in [9.17, 15) is 4.79 Å². The summed E-state index contributed by atoms with van der Waals surface area (Å²) in [5.41, 5.74) is 2.19. The Labute approximate surface area is 135 Å². The molecule has 1 aromatic carbocycles. The van der Waals surface area contributed by atoms with Crippen LogP contribution in [0.5, 0.6) is 0 Å². The lowest BCUT2D eigenvalue weighted by molar-refractivity contribution is 0.0936. The quantitative estimate of drug-likeness (QED) is 0.806. The zero-order chi connectivity index (χ0) is 16.2. The molecule has 0 spiro atoms. The summed E-state index contributed by atoms with van der Waals surface area (Å²) in [7, 11) is 1.91. The van der Waals surface area contributed by atoms with E-state index in [0.29, 0.717) is 5.69 Å². The molecule has 0 saturated heterocycles. The van der Waals surface area contributed by atoms with Crippen molar-refractivity contribution in [2.45, 2.75) is 13.0 Å². The van der Waals surface area contributed by atoms with Gasteiger partial charge in [-0.15, -0.1) is 0 Å². The van der Waals surface area contributed by atoms with Crippen molar-refractivity contribution in [3.63, 3.8) is 0 Å². The van der Waals surface area contributed by atoms with Crippen LogP contribution in [0.15, 0.2) is 60.9 Å². The zero-order valence-corrected chi connectivity index (χ0v) is 13.1.